The number of hydrogen-bond donors (Lipinski definition) is 0. The molecule has 0 saturated heterocycles. The van der Waals surface area contributed by atoms with Gasteiger partial charge in [0.2, 0.25) is 0 Å². The normalized spacial score (nSPS) is 11.5. The van der Waals surface area contributed by atoms with Crippen LogP contribution in [-0.4, -0.2) is 52.8 Å². The highest BCUT2D eigenvalue weighted by Crippen LogP contribution is 2.30. The molecule has 0 radical (unpaired) electrons. The summed E-state index contributed by atoms with van der Waals surface area (Å²) in [5, 5.41) is 4.99. The monoisotopic (exact) mass is 389 g/mol. The Morgan fingerprint density at radius 1 is 1.26 bits per heavy atom. The number of hydrogen-bond acceptors (Lipinski definition) is 5. The molecule has 6 nitrogen and oxygen atoms in total. The molecule has 0 bridgehead atoms. The third-order valence-corrected chi connectivity index (χ3v) is 5.34. The first-order valence-corrected chi connectivity index (χ1v) is 9.78. The Hall–Kier alpha value is -2.32. The average molecular weight is 390 g/mol. The van der Waals surface area contributed by atoms with Crippen molar-refractivity contribution in [2.75, 3.05) is 32.1 Å². The van der Waals surface area contributed by atoms with E-state index in [4.69, 9.17) is 0 Å². The molecule has 2 heterocycles. The summed E-state index contributed by atoms with van der Waals surface area (Å²) in [5.74, 6) is -0.482. The molecule has 2 aromatic heterocycles. The summed E-state index contributed by atoms with van der Waals surface area (Å²) in [6.45, 7) is 6.01. The Bertz CT molecular complexity index is 949. The van der Waals surface area contributed by atoms with Gasteiger partial charge in [-0.25, -0.2) is 9.37 Å². The van der Waals surface area contributed by atoms with Crippen LogP contribution >= 0.6 is 11.3 Å². The summed E-state index contributed by atoms with van der Waals surface area (Å²) >= 11 is 1.32. The van der Waals surface area contributed by atoms with Crippen molar-refractivity contribution in [1.82, 2.24) is 19.7 Å². The molecule has 0 spiro atoms. The lowest BCUT2D eigenvalue weighted by molar-refractivity contribution is 0.0980. The first kappa shape index (κ1) is 19.4. The number of aryl methyl sites for hydroxylation is 2. The first-order chi connectivity index (χ1) is 12.9. The van der Waals surface area contributed by atoms with E-state index in [0.717, 1.165) is 23.4 Å². The molecule has 0 atom stereocenters. The molecule has 0 N–H and O–H groups in total. The summed E-state index contributed by atoms with van der Waals surface area (Å²) in [6.07, 6.45) is 0.802. The Labute approximate surface area is 162 Å². The van der Waals surface area contributed by atoms with Crippen molar-refractivity contribution in [1.29, 1.82) is 0 Å². The number of rotatable bonds is 7. The van der Waals surface area contributed by atoms with Crippen molar-refractivity contribution in [3.8, 4) is 0 Å². The predicted molar refractivity (Wildman–Crippen MR) is 107 cm³/mol. The van der Waals surface area contributed by atoms with Crippen molar-refractivity contribution in [3.05, 3.63) is 41.5 Å². The van der Waals surface area contributed by atoms with Crippen LogP contribution in [0.15, 0.2) is 24.3 Å². The van der Waals surface area contributed by atoms with Crippen LogP contribution in [0, 0.1) is 12.7 Å². The maximum Gasteiger partial charge on any atom is 0.280 e. The van der Waals surface area contributed by atoms with Crippen molar-refractivity contribution < 1.29 is 9.18 Å². The zero-order chi connectivity index (χ0) is 19.6. The van der Waals surface area contributed by atoms with Crippen LogP contribution in [-0.2, 0) is 6.54 Å². The molecule has 0 unspecified atom stereocenters. The maximum absolute atomic E-state index is 13.5. The van der Waals surface area contributed by atoms with E-state index in [1.165, 1.54) is 23.5 Å². The fourth-order valence-electron chi connectivity index (χ4n) is 2.90. The van der Waals surface area contributed by atoms with Gasteiger partial charge in [-0.05, 0) is 65.2 Å². The summed E-state index contributed by atoms with van der Waals surface area (Å²) < 4.78 is 16.1. The highest BCUT2D eigenvalue weighted by molar-refractivity contribution is 7.22. The largest absolute Gasteiger partial charge is 0.309 e. The molecular formula is C19H24FN5OS. The lowest BCUT2D eigenvalue weighted by Gasteiger charge is -2.20. The fraction of sp³-hybridized carbons (Fsp3) is 0.421. The number of fused-ring (bicyclic) bond motifs is 1. The molecule has 27 heavy (non-hydrogen) atoms. The Kier molecular flexibility index (Phi) is 5.86. The fourth-order valence-corrected chi connectivity index (χ4v) is 3.92. The van der Waals surface area contributed by atoms with Gasteiger partial charge in [0.15, 0.2) is 10.8 Å². The second-order valence-electron chi connectivity index (χ2n) is 6.71. The quantitative estimate of drug-likeness (QED) is 0.620. The van der Waals surface area contributed by atoms with Crippen LogP contribution < -0.4 is 4.90 Å². The van der Waals surface area contributed by atoms with Crippen molar-refractivity contribution in [2.24, 2.45) is 0 Å². The molecule has 3 rings (SSSR count). The molecule has 1 amide bonds. The topological polar surface area (TPSA) is 54.3 Å². The third-order valence-electron chi connectivity index (χ3n) is 4.30. The molecule has 0 aliphatic carbocycles. The zero-order valence-electron chi connectivity index (χ0n) is 16.1. The minimum absolute atomic E-state index is 0.177. The van der Waals surface area contributed by atoms with E-state index in [0.29, 0.717) is 29.4 Å². The summed E-state index contributed by atoms with van der Waals surface area (Å²) in [6, 6.07) is 6.28. The summed E-state index contributed by atoms with van der Waals surface area (Å²) in [7, 11) is 4.00. The molecule has 0 saturated carbocycles. The first-order valence-electron chi connectivity index (χ1n) is 8.96. The third kappa shape index (κ3) is 4.33. The van der Waals surface area contributed by atoms with Gasteiger partial charge < -0.3 is 4.90 Å². The lowest BCUT2D eigenvalue weighted by atomic mass is 10.3. The molecule has 0 aliphatic rings. The average Bonchev–Trinajstić information content (AvgIpc) is 3.20. The van der Waals surface area contributed by atoms with Gasteiger partial charge in [-0.3, -0.25) is 14.4 Å². The zero-order valence-corrected chi connectivity index (χ0v) is 16.9. The number of aromatic nitrogens is 3. The molecular weight excluding hydrogens is 365 g/mol. The highest BCUT2D eigenvalue weighted by atomic mass is 32.1. The number of carbonyl (C=O) groups excluding carboxylic acids is 1. The van der Waals surface area contributed by atoms with Crippen LogP contribution in [0.5, 0.6) is 0 Å². The Morgan fingerprint density at radius 2 is 2.04 bits per heavy atom. The maximum atomic E-state index is 13.5. The van der Waals surface area contributed by atoms with Gasteiger partial charge >= 0.3 is 0 Å². The van der Waals surface area contributed by atoms with Crippen LogP contribution in [0.3, 0.4) is 0 Å². The van der Waals surface area contributed by atoms with Crippen molar-refractivity contribution >= 4 is 32.6 Å². The van der Waals surface area contributed by atoms with Gasteiger partial charge in [0.05, 0.1) is 10.2 Å². The standard InChI is InChI=1S/C19H24FN5OS/c1-5-25-13(2)11-16(22-25)18(26)24(10-6-9-23(3)4)19-21-15-8-7-14(20)12-17(15)27-19/h7-8,11-12H,5-6,9-10H2,1-4H3. The van der Waals surface area contributed by atoms with Gasteiger partial charge in [0, 0.05) is 18.8 Å². The van der Waals surface area contributed by atoms with Gasteiger partial charge in [0.1, 0.15) is 5.82 Å². The molecule has 0 fully saturated rings. The van der Waals surface area contributed by atoms with Crippen LogP contribution in [0.25, 0.3) is 10.2 Å². The predicted octanol–water partition coefficient (Wildman–Crippen LogP) is 3.56. The van der Waals surface area contributed by atoms with E-state index in [-0.39, 0.29) is 11.7 Å². The van der Waals surface area contributed by atoms with Gasteiger partial charge in [-0.1, -0.05) is 11.3 Å². The number of halogens is 1. The number of thiazole rings is 1. The van der Waals surface area contributed by atoms with Crippen LogP contribution in [0.4, 0.5) is 9.52 Å². The Balaban J connectivity index is 1.94. The number of nitrogens with zero attached hydrogens (tertiary/aromatic N) is 5. The number of anilines is 1. The van der Waals surface area contributed by atoms with Crippen molar-refractivity contribution in [3.63, 3.8) is 0 Å². The number of amides is 1. The van der Waals surface area contributed by atoms with Gasteiger partial charge in [0.25, 0.3) is 5.91 Å². The molecule has 8 heteroatoms. The number of carbonyl (C=O) groups is 1. The molecule has 144 valence electrons. The van der Waals surface area contributed by atoms with E-state index in [1.54, 1.807) is 21.7 Å². The van der Waals surface area contributed by atoms with Gasteiger partial charge in [-0.15, -0.1) is 0 Å². The second-order valence-corrected chi connectivity index (χ2v) is 7.72. The van der Waals surface area contributed by atoms with Crippen LogP contribution in [0.1, 0.15) is 29.5 Å². The second kappa shape index (κ2) is 8.14. The van der Waals surface area contributed by atoms with Crippen molar-refractivity contribution in [2.45, 2.75) is 26.8 Å². The van der Waals surface area contributed by atoms with E-state index in [9.17, 15) is 9.18 Å². The van der Waals surface area contributed by atoms with E-state index in [2.05, 4.69) is 15.0 Å². The molecule has 3 aromatic rings. The van der Waals surface area contributed by atoms with E-state index < -0.39 is 0 Å². The highest BCUT2D eigenvalue weighted by Gasteiger charge is 2.24. The van der Waals surface area contributed by atoms with Crippen LogP contribution in [0.2, 0.25) is 0 Å². The van der Waals surface area contributed by atoms with Gasteiger partial charge in [-0.2, -0.15) is 5.10 Å². The smallest absolute Gasteiger partial charge is 0.280 e. The lowest BCUT2D eigenvalue weighted by Crippen LogP contribution is -2.33. The summed E-state index contributed by atoms with van der Waals surface area (Å²) in [4.78, 5) is 21.5. The SMILES string of the molecule is CCn1nc(C(=O)N(CCCN(C)C)c2nc3ccc(F)cc3s2)cc1C. The Morgan fingerprint density at radius 3 is 2.70 bits per heavy atom. The molecule has 1 aromatic carbocycles. The minimum atomic E-state index is -0.305. The molecule has 0 aliphatic heterocycles. The van der Waals surface area contributed by atoms with E-state index in [1.807, 2.05) is 27.9 Å². The number of benzene rings is 1. The summed E-state index contributed by atoms with van der Waals surface area (Å²) in [5.41, 5.74) is 2.04. The van der Waals surface area contributed by atoms with E-state index >= 15 is 0 Å². The minimum Gasteiger partial charge on any atom is -0.309 e.